The second kappa shape index (κ2) is 6.54. The largest absolute Gasteiger partial charge is 0.394 e. The minimum Gasteiger partial charge on any atom is -0.394 e. The SMILES string of the molecule is CC/C=N/Nc1ncnc2c1ncn2[C@@H]1O[C@H](CO)[C@@H](O)[C@H]1O. The van der Waals surface area contributed by atoms with Gasteiger partial charge in [-0.2, -0.15) is 5.10 Å². The summed E-state index contributed by atoms with van der Waals surface area (Å²) in [6.45, 7) is 1.56. The van der Waals surface area contributed by atoms with Crippen LogP contribution in [-0.4, -0.2) is 66.0 Å². The van der Waals surface area contributed by atoms with Crippen LogP contribution in [0.15, 0.2) is 17.8 Å². The van der Waals surface area contributed by atoms with Gasteiger partial charge in [-0.15, -0.1) is 0 Å². The van der Waals surface area contributed by atoms with E-state index in [2.05, 4.69) is 25.5 Å². The second-order valence-corrected chi connectivity index (χ2v) is 5.11. The van der Waals surface area contributed by atoms with Gasteiger partial charge in [0.1, 0.15) is 24.6 Å². The van der Waals surface area contributed by atoms with Crippen molar-refractivity contribution in [3.63, 3.8) is 0 Å². The third-order valence-corrected chi connectivity index (χ3v) is 3.59. The number of hydrogen-bond acceptors (Lipinski definition) is 9. The van der Waals surface area contributed by atoms with Gasteiger partial charge in [-0.05, 0) is 6.42 Å². The summed E-state index contributed by atoms with van der Waals surface area (Å²) in [7, 11) is 0. The maximum absolute atomic E-state index is 10.1. The average molecular weight is 322 g/mol. The van der Waals surface area contributed by atoms with Gasteiger partial charge in [-0.3, -0.25) is 9.99 Å². The van der Waals surface area contributed by atoms with Crippen molar-refractivity contribution in [3.8, 4) is 0 Å². The van der Waals surface area contributed by atoms with E-state index in [0.717, 1.165) is 6.42 Å². The minimum atomic E-state index is -1.20. The molecule has 3 heterocycles. The third-order valence-electron chi connectivity index (χ3n) is 3.59. The molecular formula is C13H18N6O4. The van der Waals surface area contributed by atoms with Crippen molar-refractivity contribution in [1.29, 1.82) is 0 Å². The van der Waals surface area contributed by atoms with Crippen LogP contribution in [0.3, 0.4) is 0 Å². The van der Waals surface area contributed by atoms with Crippen molar-refractivity contribution in [1.82, 2.24) is 19.5 Å². The number of ether oxygens (including phenoxy) is 1. The summed E-state index contributed by atoms with van der Waals surface area (Å²) in [5.41, 5.74) is 3.66. The first-order valence-corrected chi connectivity index (χ1v) is 7.24. The Hall–Kier alpha value is -2.14. The number of aliphatic hydroxyl groups excluding tert-OH is 3. The minimum absolute atomic E-state index is 0.394. The van der Waals surface area contributed by atoms with Crippen LogP contribution in [0.1, 0.15) is 19.6 Å². The van der Waals surface area contributed by atoms with Gasteiger partial charge in [0.25, 0.3) is 0 Å². The number of anilines is 1. The summed E-state index contributed by atoms with van der Waals surface area (Å²) in [6.07, 6.45) is 1.11. The van der Waals surface area contributed by atoms with Crippen molar-refractivity contribution in [2.24, 2.45) is 5.10 Å². The molecule has 3 rings (SSSR count). The van der Waals surface area contributed by atoms with Crippen LogP contribution in [0.2, 0.25) is 0 Å². The Morgan fingerprint density at radius 2 is 2.17 bits per heavy atom. The van der Waals surface area contributed by atoms with E-state index in [-0.39, 0.29) is 0 Å². The van der Waals surface area contributed by atoms with Gasteiger partial charge in [0, 0.05) is 6.21 Å². The number of nitrogens with zero attached hydrogens (tertiary/aromatic N) is 5. The molecule has 0 aromatic carbocycles. The van der Waals surface area contributed by atoms with E-state index in [1.54, 1.807) is 6.21 Å². The fourth-order valence-corrected chi connectivity index (χ4v) is 2.43. The molecule has 23 heavy (non-hydrogen) atoms. The molecule has 1 aliphatic heterocycles. The van der Waals surface area contributed by atoms with Crippen LogP contribution in [0, 0.1) is 0 Å². The predicted molar refractivity (Wildman–Crippen MR) is 80.7 cm³/mol. The normalized spacial score (nSPS) is 28.0. The molecule has 0 saturated carbocycles. The molecule has 124 valence electrons. The maximum atomic E-state index is 10.1. The Balaban J connectivity index is 1.94. The van der Waals surface area contributed by atoms with Gasteiger partial charge < -0.3 is 20.1 Å². The first-order valence-electron chi connectivity index (χ1n) is 7.24. The zero-order chi connectivity index (χ0) is 16.4. The summed E-state index contributed by atoms with van der Waals surface area (Å²) < 4.78 is 6.98. The Labute approximate surface area is 131 Å². The van der Waals surface area contributed by atoms with Crippen LogP contribution < -0.4 is 5.43 Å². The third kappa shape index (κ3) is 2.77. The average Bonchev–Trinajstić information content (AvgIpc) is 3.11. The second-order valence-electron chi connectivity index (χ2n) is 5.11. The molecule has 0 bridgehead atoms. The standard InChI is InChI=1S/C13H18N6O4/c1-2-3-17-18-11-8-12(15-5-14-11)19(6-16-8)13-10(22)9(21)7(4-20)23-13/h3,5-7,9-10,13,20-22H,2,4H2,1H3,(H,14,15,18)/b17-3+/t7-,9-,10-,13-/m1/s1. The van der Waals surface area contributed by atoms with Crippen molar-refractivity contribution >= 4 is 23.2 Å². The first kappa shape index (κ1) is 15.7. The molecule has 0 spiro atoms. The monoisotopic (exact) mass is 322 g/mol. The van der Waals surface area contributed by atoms with Crippen LogP contribution >= 0.6 is 0 Å². The lowest BCUT2D eigenvalue weighted by Crippen LogP contribution is -2.33. The Morgan fingerprint density at radius 1 is 1.35 bits per heavy atom. The van der Waals surface area contributed by atoms with Crippen molar-refractivity contribution in [3.05, 3.63) is 12.7 Å². The fraction of sp³-hybridized carbons (Fsp3) is 0.538. The van der Waals surface area contributed by atoms with Crippen molar-refractivity contribution < 1.29 is 20.1 Å². The summed E-state index contributed by atoms with van der Waals surface area (Å²) in [5.74, 6) is 0.421. The summed E-state index contributed by atoms with van der Waals surface area (Å²) in [5, 5.41) is 33.2. The summed E-state index contributed by atoms with van der Waals surface area (Å²) >= 11 is 0. The molecule has 1 saturated heterocycles. The van der Waals surface area contributed by atoms with Crippen LogP contribution in [0.25, 0.3) is 11.2 Å². The molecule has 0 radical (unpaired) electrons. The Morgan fingerprint density at radius 3 is 2.87 bits per heavy atom. The van der Waals surface area contributed by atoms with E-state index in [1.165, 1.54) is 17.2 Å². The van der Waals surface area contributed by atoms with Gasteiger partial charge in [0.05, 0.1) is 12.9 Å². The van der Waals surface area contributed by atoms with Crippen molar-refractivity contribution in [2.75, 3.05) is 12.0 Å². The van der Waals surface area contributed by atoms with Crippen LogP contribution in [0.5, 0.6) is 0 Å². The van der Waals surface area contributed by atoms with Gasteiger partial charge in [-0.25, -0.2) is 15.0 Å². The van der Waals surface area contributed by atoms with E-state index in [9.17, 15) is 15.3 Å². The van der Waals surface area contributed by atoms with Gasteiger partial charge in [0.15, 0.2) is 23.2 Å². The van der Waals surface area contributed by atoms with E-state index < -0.39 is 31.1 Å². The number of hydrazone groups is 1. The van der Waals surface area contributed by atoms with Gasteiger partial charge in [0.2, 0.25) is 0 Å². The number of nitrogens with one attached hydrogen (secondary N) is 1. The molecule has 0 unspecified atom stereocenters. The maximum Gasteiger partial charge on any atom is 0.177 e. The Kier molecular flexibility index (Phi) is 4.48. The molecule has 1 fully saturated rings. The highest BCUT2D eigenvalue weighted by atomic mass is 16.6. The summed E-state index contributed by atoms with van der Waals surface area (Å²) in [4.78, 5) is 12.4. The number of aliphatic hydroxyl groups is 3. The molecule has 4 atom stereocenters. The summed E-state index contributed by atoms with van der Waals surface area (Å²) in [6, 6.07) is 0. The van der Waals surface area contributed by atoms with E-state index in [1.807, 2.05) is 6.92 Å². The Bertz CT molecular complexity index is 705. The fourth-order valence-electron chi connectivity index (χ4n) is 2.43. The lowest BCUT2D eigenvalue weighted by atomic mass is 10.1. The highest BCUT2D eigenvalue weighted by Crippen LogP contribution is 2.31. The molecule has 2 aromatic heterocycles. The van der Waals surface area contributed by atoms with Gasteiger partial charge >= 0.3 is 0 Å². The molecular weight excluding hydrogens is 304 g/mol. The quantitative estimate of drug-likeness (QED) is 0.416. The first-order chi connectivity index (χ1) is 11.2. The zero-order valence-corrected chi connectivity index (χ0v) is 12.4. The van der Waals surface area contributed by atoms with Gasteiger partial charge in [-0.1, -0.05) is 6.92 Å². The highest BCUT2D eigenvalue weighted by Gasteiger charge is 2.44. The molecule has 2 aromatic rings. The predicted octanol–water partition coefficient (Wildman–Crippen LogP) is -0.755. The van der Waals surface area contributed by atoms with E-state index in [0.29, 0.717) is 17.0 Å². The topological polar surface area (TPSA) is 138 Å². The number of aromatic nitrogens is 4. The molecule has 10 heteroatoms. The highest BCUT2D eigenvalue weighted by molar-refractivity contribution is 5.82. The molecule has 0 amide bonds. The lowest BCUT2D eigenvalue weighted by Gasteiger charge is -2.16. The smallest absolute Gasteiger partial charge is 0.177 e. The molecule has 10 nitrogen and oxygen atoms in total. The van der Waals surface area contributed by atoms with Crippen molar-refractivity contribution in [2.45, 2.75) is 37.9 Å². The lowest BCUT2D eigenvalue weighted by molar-refractivity contribution is -0.0511. The number of imidazole rings is 1. The molecule has 4 N–H and O–H groups in total. The van der Waals surface area contributed by atoms with Crippen LogP contribution in [0.4, 0.5) is 5.82 Å². The molecule has 0 aliphatic carbocycles. The van der Waals surface area contributed by atoms with E-state index >= 15 is 0 Å². The van der Waals surface area contributed by atoms with E-state index in [4.69, 9.17) is 4.74 Å². The number of hydrogen-bond donors (Lipinski definition) is 4. The number of fused-ring (bicyclic) bond motifs is 1. The molecule has 1 aliphatic rings. The number of rotatable bonds is 5. The van der Waals surface area contributed by atoms with Crippen LogP contribution in [-0.2, 0) is 4.74 Å². The zero-order valence-electron chi connectivity index (χ0n) is 12.4.